The average Bonchev–Trinajstić information content (AvgIpc) is 2.70. The Labute approximate surface area is 155 Å². The van der Waals surface area contributed by atoms with Gasteiger partial charge in [-0.25, -0.2) is 0 Å². The molecule has 0 fully saturated rings. The van der Waals surface area contributed by atoms with Crippen molar-refractivity contribution in [1.82, 2.24) is 0 Å². The van der Waals surface area contributed by atoms with E-state index in [1.807, 2.05) is 0 Å². The van der Waals surface area contributed by atoms with E-state index in [2.05, 4.69) is 108 Å². The van der Waals surface area contributed by atoms with Gasteiger partial charge in [-0.2, -0.15) is 0 Å². The van der Waals surface area contributed by atoms with Gasteiger partial charge < -0.3 is 0 Å². The first-order valence-electron chi connectivity index (χ1n) is 9.04. The normalized spacial score (nSPS) is 10.8. The molecule has 0 spiro atoms. The first-order chi connectivity index (χ1) is 12.4. The molecule has 1 heteroatoms. The average molecular weight is 431 g/mol. The monoisotopic (exact) mass is 432 g/mol. The predicted molar refractivity (Wildman–Crippen MR) is 111 cm³/mol. The Balaban J connectivity index is 2.25. The van der Waals surface area contributed by atoms with Crippen molar-refractivity contribution in [3.05, 3.63) is 91.0 Å². The Hall–Kier alpha value is -1.98. The Morgan fingerprint density at radius 1 is 0.640 bits per heavy atom. The second-order valence-electron chi connectivity index (χ2n) is 6.25. The SMILES string of the molecule is CCCCC#[C][Sn]([c]1ccccc1)([c]1ccccc1)[c]1ccccc1. The van der Waals surface area contributed by atoms with Crippen molar-refractivity contribution in [2.75, 3.05) is 0 Å². The molecule has 0 aliphatic carbocycles. The Kier molecular flexibility index (Phi) is 6.36. The van der Waals surface area contributed by atoms with Crippen LogP contribution in [0.1, 0.15) is 26.2 Å². The van der Waals surface area contributed by atoms with Gasteiger partial charge in [0, 0.05) is 0 Å². The molecule has 0 amide bonds. The molecule has 0 radical (unpaired) electrons. The van der Waals surface area contributed by atoms with Gasteiger partial charge >= 0.3 is 156 Å². The molecule has 0 unspecified atom stereocenters. The zero-order valence-electron chi connectivity index (χ0n) is 14.8. The number of hydrogen-bond donors (Lipinski definition) is 0. The maximum absolute atomic E-state index is 3.88. The Bertz CT molecular complexity index is 730. The van der Waals surface area contributed by atoms with Crippen molar-refractivity contribution < 1.29 is 0 Å². The molecular formula is C24H24Sn. The van der Waals surface area contributed by atoms with E-state index in [0.29, 0.717) is 0 Å². The van der Waals surface area contributed by atoms with Crippen LogP contribution in [0.15, 0.2) is 91.0 Å². The quantitative estimate of drug-likeness (QED) is 0.327. The van der Waals surface area contributed by atoms with Crippen LogP contribution in [0.25, 0.3) is 0 Å². The third-order valence-electron chi connectivity index (χ3n) is 4.55. The summed E-state index contributed by atoms with van der Waals surface area (Å²) in [4.78, 5) is 0. The molecule has 0 bridgehead atoms. The van der Waals surface area contributed by atoms with Crippen LogP contribution in [-0.4, -0.2) is 18.4 Å². The van der Waals surface area contributed by atoms with E-state index in [1.165, 1.54) is 23.6 Å². The summed E-state index contributed by atoms with van der Waals surface area (Å²) < 4.78 is 8.16. The zero-order valence-corrected chi connectivity index (χ0v) is 17.6. The Morgan fingerprint density at radius 3 is 1.40 bits per heavy atom. The molecule has 0 saturated carbocycles. The minimum absolute atomic E-state index is 0.988. The van der Waals surface area contributed by atoms with E-state index < -0.39 is 18.4 Å². The first kappa shape index (κ1) is 17.8. The van der Waals surface area contributed by atoms with E-state index >= 15 is 0 Å². The van der Waals surface area contributed by atoms with Crippen LogP contribution in [0.4, 0.5) is 0 Å². The van der Waals surface area contributed by atoms with Crippen LogP contribution < -0.4 is 10.7 Å². The standard InChI is InChI=1S/3C6H5.C6H9.Sn/c3*1-2-4-6-5-3-1;1-3-5-6-4-2;/h3*1-5H;3,5-6H2,1H3;. The van der Waals surface area contributed by atoms with E-state index in [1.54, 1.807) is 0 Å². The molecule has 0 N–H and O–H groups in total. The minimum atomic E-state index is -3.31. The summed E-state index contributed by atoms with van der Waals surface area (Å²) in [6.45, 7) is 2.23. The van der Waals surface area contributed by atoms with Gasteiger partial charge in [-0.1, -0.05) is 0 Å². The van der Waals surface area contributed by atoms with Gasteiger partial charge in [0.2, 0.25) is 0 Å². The number of benzene rings is 3. The van der Waals surface area contributed by atoms with E-state index in [9.17, 15) is 0 Å². The van der Waals surface area contributed by atoms with E-state index in [0.717, 1.165) is 6.42 Å². The molecule has 0 aliphatic rings. The van der Waals surface area contributed by atoms with Gasteiger partial charge in [0.15, 0.2) is 0 Å². The van der Waals surface area contributed by atoms with Crippen LogP contribution in [0.2, 0.25) is 0 Å². The van der Waals surface area contributed by atoms with Crippen molar-refractivity contribution in [2.24, 2.45) is 0 Å². The summed E-state index contributed by atoms with van der Waals surface area (Å²) in [6.07, 6.45) is 3.36. The summed E-state index contributed by atoms with van der Waals surface area (Å²) in [5.74, 6) is 3.57. The van der Waals surface area contributed by atoms with Gasteiger partial charge in [0.05, 0.1) is 0 Å². The summed E-state index contributed by atoms with van der Waals surface area (Å²) in [5, 5.41) is 0. The molecule has 0 nitrogen and oxygen atoms in total. The first-order valence-corrected chi connectivity index (χ1v) is 14.8. The van der Waals surface area contributed by atoms with Crippen LogP contribution in [0.5, 0.6) is 0 Å². The molecular weight excluding hydrogens is 407 g/mol. The van der Waals surface area contributed by atoms with Gasteiger partial charge in [0.25, 0.3) is 0 Å². The fourth-order valence-electron chi connectivity index (χ4n) is 3.24. The van der Waals surface area contributed by atoms with Crippen LogP contribution >= 0.6 is 0 Å². The number of rotatable bonds is 5. The number of unbranched alkanes of at least 4 members (excludes halogenated alkanes) is 2. The van der Waals surface area contributed by atoms with Crippen molar-refractivity contribution >= 4 is 29.1 Å². The molecule has 0 atom stereocenters. The topological polar surface area (TPSA) is 0 Å². The van der Waals surface area contributed by atoms with Gasteiger partial charge in [-0.15, -0.1) is 0 Å². The van der Waals surface area contributed by atoms with Gasteiger partial charge in [-0.3, -0.25) is 0 Å². The van der Waals surface area contributed by atoms with E-state index in [-0.39, 0.29) is 0 Å². The second kappa shape index (κ2) is 8.92. The van der Waals surface area contributed by atoms with Crippen LogP contribution in [0, 0.1) is 9.86 Å². The molecule has 0 aromatic heterocycles. The van der Waals surface area contributed by atoms with Crippen molar-refractivity contribution in [3.8, 4) is 9.86 Å². The zero-order chi connectivity index (χ0) is 17.4. The van der Waals surface area contributed by atoms with Gasteiger partial charge in [-0.05, 0) is 0 Å². The summed E-state index contributed by atoms with van der Waals surface area (Å²) in [6, 6.07) is 32.9. The summed E-state index contributed by atoms with van der Waals surface area (Å²) >= 11 is -3.31. The maximum atomic E-state index is 3.88. The summed E-state index contributed by atoms with van der Waals surface area (Å²) in [7, 11) is 0. The molecule has 3 aromatic carbocycles. The third-order valence-corrected chi connectivity index (χ3v) is 16.4. The molecule has 0 saturated heterocycles. The molecule has 124 valence electrons. The molecule has 3 rings (SSSR count). The van der Waals surface area contributed by atoms with Crippen LogP contribution in [-0.2, 0) is 0 Å². The fourth-order valence-corrected chi connectivity index (χ4v) is 14.4. The predicted octanol–water partition coefficient (Wildman–Crippen LogP) is 3.89. The molecule has 25 heavy (non-hydrogen) atoms. The second-order valence-corrected chi connectivity index (χ2v) is 16.2. The van der Waals surface area contributed by atoms with Crippen molar-refractivity contribution in [3.63, 3.8) is 0 Å². The molecule has 0 aliphatic heterocycles. The van der Waals surface area contributed by atoms with Crippen molar-refractivity contribution in [1.29, 1.82) is 0 Å². The Morgan fingerprint density at radius 2 is 1.04 bits per heavy atom. The molecule has 3 aromatic rings. The fraction of sp³-hybridized carbons (Fsp3) is 0.167. The van der Waals surface area contributed by atoms with E-state index in [4.69, 9.17) is 0 Å². The third kappa shape index (κ3) is 3.99. The number of hydrogen-bond acceptors (Lipinski definition) is 0. The molecule has 0 heterocycles. The van der Waals surface area contributed by atoms with Crippen LogP contribution in [0.3, 0.4) is 0 Å². The van der Waals surface area contributed by atoms with Gasteiger partial charge in [0.1, 0.15) is 0 Å². The van der Waals surface area contributed by atoms with Crippen molar-refractivity contribution in [2.45, 2.75) is 26.2 Å². The summed E-state index contributed by atoms with van der Waals surface area (Å²) in [5.41, 5.74) is 0.